The molecule has 2 heterocycles. The first kappa shape index (κ1) is 19.7. The molecule has 2 aromatic rings. The number of aromatic nitrogens is 2. The number of hydrogen-bond acceptors (Lipinski definition) is 4. The molecule has 0 spiro atoms. The van der Waals surface area contributed by atoms with Gasteiger partial charge in [0.2, 0.25) is 5.91 Å². The highest BCUT2D eigenvalue weighted by atomic mass is 79.9. The summed E-state index contributed by atoms with van der Waals surface area (Å²) in [7, 11) is 1.30. The predicted molar refractivity (Wildman–Crippen MR) is 106 cm³/mol. The van der Waals surface area contributed by atoms with Crippen LogP contribution in [0.3, 0.4) is 0 Å². The van der Waals surface area contributed by atoms with Crippen LogP contribution in [0.2, 0.25) is 0 Å². The zero-order valence-electron chi connectivity index (χ0n) is 15.8. The molecule has 1 aromatic heterocycles. The summed E-state index contributed by atoms with van der Waals surface area (Å²) < 4.78 is 5.68. The number of aromatic amines is 1. The maximum atomic E-state index is 13.3. The fourth-order valence-electron chi connectivity index (χ4n) is 3.52. The average Bonchev–Trinajstić information content (AvgIpc) is 3.30. The molecule has 7 nitrogen and oxygen atoms in total. The zero-order chi connectivity index (χ0) is 19.6. The Labute approximate surface area is 167 Å². The lowest BCUT2D eigenvalue weighted by Gasteiger charge is -2.30. The van der Waals surface area contributed by atoms with Crippen LogP contribution in [0, 0.1) is 5.92 Å². The molecule has 1 saturated heterocycles. The van der Waals surface area contributed by atoms with Gasteiger partial charge in [0.1, 0.15) is 11.9 Å². The molecular formula is C19H25BrN4O3. The maximum absolute atomic E-state index is 13.3. The van der Waals surface area contributed by atoms with Gasteiger partial charge in [-0.05, 0) is 37.0 Å². The topological polar surface area (TPSA) is 87.3 Å². The Morgan fingerprint density at radius 2 is 2.26 bits per heavy atom. The van der Waals surface area contributed by atoms with Gasteiger partial charge in [-0.2, -0.15) is 0 Å². The number of nitrogens with one attached hydrogen (secondary N) is 2. The average molecular weight is 437 g/mol. The number of H-pyrrole nitrogens is 1. The summed E-state index contributed by atoms with van der Waals surface area (Å²) >= 11 is 3.47. The van der Waals surface area contributed by atoms with Gasteiger partial charge in [-0.25, -0.2) is 9.78 Å². The number of imidazole rings is 1. The minimum Gasteiger partial charge on any atom is -0.453 e. The van der Waals surface area contributed by atoms with Gasteiger partial charge in [0, 0.05) is 11.0 Å². The van der Waals surface area contributed by atoms with Crippen LogP contribution < -0.4 is 5.32 Å². The smallest absolute Gasteiger partial charge is 0.407 e. The van der Waals surface area contributed by atoms with Gasteiger partial charge in [0.15, 0.2) is 0 Å². The molecule has 0 aliphatic carbocycles. The first-order valence-electron chi connectivity index (χ1n) is 9.24. The third-order valence-corrected chi connectivity index (χ3v) is 5.74. The molecule has 3 rings (SSSR count). The van der Waals surface area contributed by atoms with E-state index in [2.05, 4.69) is 31.2 Å². The van der Waals surface area contributed by atoms with Crippen molar-refractivity contribution >= 4 is 39.0 Å². The summed E-state index contributed by atoms with van der Waals surface area (Å²) in [4.78, 5) is 34.9. The first-order valence-corrected chi connectivity index (χ1v) is 10.0. The van der Waals surface area contributed by atoms with Gasteiger partial charge in [-0.15, -0.1) is 0 Å². The molecule has 146 valence electrons. The van der Waals surface area contributed by atoms with Gasteiger partial charge in [-0.1, -0.05) is 36.2 Å². The standard InChI is InChI=1S/C19H25BrN4O3/c1-4-11(2)16(23-19(26)27-3)18(25)24-9-5-6-15(24)17-21-13-8-7-12(20)10-14(13)22-17/h7-8,10-11,15-16H,4-6,9H2,1-3H3,(H,21,22)(H,23,26)/t11-,15-,16?/m0/s1. The molecule has 27 heavy (non-hydrogen) atoms. The highest BCUT2D eigenvalue weighted by Gasteiger charge is 2.38. The van der Waals surface area contributed by atoms with E-state index in [0.717, 1.165) is 40.6 Å². The summed E-state index contributed by atoms with van der Waals surface area (Å²) in [6, 6.07) is 5.15. The van der Waals surface area contributed by atoms with Crippen molar-refractivity contribution in [3.05, 3.63) is 28.5 Å². The van der Waals surface area contributed by atoms with Crippen LogP contribution in [0.25, 0.3) is 11.0 Å². The number of alkyl carbamates (subject to hydrolysis) is 1. The number of carbonyl (C=O) groups is 2. The summed E-state index contributed by atoms with van der Waals surface area (Å²) in [6.07, 6.45) is 1.94. The highest BCUT2D eigenvalue weighted by Crippen LogP contribution is 2.33. The maximum Gasteiger partial charge on any atom is 0.407 e. The van der Waals surface area contributed by atoms with Crippen LogP contribution in [0.5, 0.6) is 0 Å². The van der Waals surface area contributed by atoms with Crippen molar-refractivity contribution in [1.82, 2.24) is 20.2 Å². The number of ether oxygens (including phenoxy) is 1. The number of fused-ring (bicyclic) bond motifs is 1. The summed E-state index contributed by atoms with van der Waals surface area (Å²) in [6.45, 7) is 4.62. The Morgan fingerprint density at radius 1 is 1.48 bits per heavy atom. The van der Waals surface area contributed by atoms with E-state index in [1.807, 2.05) is 36.9 Å². The molecule has 2 N–H and O–H groups in total. The summed E-state index contributed by atoms with van der Waals surface area (Å²) in [5.74, 6) is 0.707. The Kier molecular flexibility index (Phi) is 6.04. The van der Waals surface area contributed by atoms with E-state index in [4.69, 9.17) is 4.74 Å². The number of halogens is 1. The molecule has 1 aliphatic rings. The lowest BCUT2D eigenvalue weighted by atomic mass is 9.97. The number of benzene rings is 1. The van der Waals surface area contributed by atoms with Crippen LogP contribution >= 0.6 is 15.9 Å². The van der Waals surface area contributed by atoms with Crippen molar-refractivity contribution in [1.29, 1.82) is 0 Å². The van der Waals surface area contributed by atoms with Crippen molar-refractivity contribution in [2.45, 2.75) is 45.2 Å². The molecule has 1 unspecified atom stereocenters. The van der Waals surface area contributed by atoms with Crippen LogP contribution in [0.1, 0.15) is 45.0 Å². The lowest BCUT2D eigenvalue weighted by molar-refractivity contribution is -0.135. The summed E-state index contributed by atoms with van der Waals surface area (Å²) in [5.41, 5.74) is 1.81. The third kappa shape index (κ3) is 4.10. The van der Waals surface area contributed by atoms with Crippen LogP contribution in [0.4, 0.5) is 4.79 Å². The minimum atomic E-state index is -0.610. The van der Waals surface area contributed by atoms with Gasteiger partial charge < -0.3 is 19.9 Å². The number of nitrogens with zero attached hydrogens (tertiary/aromatic N) is 2. The van der Waals surface area contributed by atoms with Crippen LogP contribution in [0.15, 0.2) is 22.7 Å². The van der Waals surface area contributed by atoms with E-state index < -0.39 is 12.1 Å². The van der Waals surface area contributed by atoms with Crippen molar-refractivity contribution in [2.24, 2.45) is 5.92 Å². The number of carbonyl (C=O) groups excluding carboxylic acids is 2. The van der Waals surface area contributed by atoms with Crippen molar-refractivity contribution in [3.63, 3.8) is 0 Å². The Bertz CT molecular complexity index is 837. The Hall–Kier alpha value is -2.09. The fourth-order valence-corrected chi connectivity index (χ4v) is 3.88. The number of rotatable bonds is 5. The van der Waals surface area contributed by atoms with Crippen molar-refractivity contribution in [3.8, 4) is 0 Å². The lowest BCUT2D eigenvalue weighted by Crippen LogP contribution is -2.51. The van der Waals surface area contributed by atoms with Crippen LogP contribution in [-0.4, -0.2) is 46.6 Å². The third-order valence-electron chi connectivity index (χ3n) is 5.25. The van der Waals surface area contributed by atoms with E-state index in [1.54, 1.807) is 0 Å². The van der Waals surface area contributed by atoms with E-state index >= 15 is 0 Å². The van der Waals surface area contributed by atoms with Gasteiger partial charge in [0.25, 0.3) is 0 Å². The van der Waals surface area contributed by atoms with E-state index in [0.29, 0.717) is 6.54 Å². The number of hydrogen-bond donors (Lipinski definition) is 2. The monoisotopic (exact) mass is 436 g/mol. The quantitative estimate of drug-likeness (QED) is 0.746. The molecule has 2 amide bonds. The molecule has 1 aromatic carbocycles. The largest absolute Gasteiger partial charge is 0.453 e. The van der Waals surface area contributed by atoms with E-state index in [1.165, 1.54) is 7.11 Å². The normalized spacial score (nSPS) is 19.1. The van der Waals surface area contributed by atoms with Gasteiger partial charge in [-0.3, -0.25) is 4.79 Å². The summed E-state index contributed by atoms with van der Waals surface area (Å²) in [5, 5.41) is 2.71. The Balaban J connectivity index is 1.86. The second-order valence-corrected chi connectivity index (χ2v) is 7.89. The predicted octanol–water partition coefficient (Wildman–Crippen LogP) is 3.76. The molecule has 0 radical (unpaired) electrons. The second kappa shape index (κ2) is 8.29. The molecule has 8 heteroatoms. The van der Waals surface area contributed by atoms with Gasteiger partial charge in [0.05, 0.1) is 24.2 Å². The highest BCUT2D eigenvalue weighted by molar-refractivity contribution is 9.10. The zero-order valence-corrected chi connectivity index (χ0v) is 17.4. The fraction of sp³-hybridized carbons (Fsp3) is 0.526. The SMILES string of the molecule is CC[C@H](C)C(NC(=O)OC)C(=O)N1CCC[C@H]1c1nc2ccc(Br)cc2[nH]1. The van der Waals surface area contributed by atoms with Gasteiger partial charge >= 0.3 is 6.09 Å². The van der Waals surface area contributed by atoms with E-state index in [-0.39, 0.29) is 17.9 Å². The van der Waals surface area contributed by atoms with Crippen molar-refractivity contribution < 1.29 is 14.3 Å². The molecule has 1 aliphatic heterocycles. The first-order chi connectivity index (χ1) is 12.9. The molecule has 3 atom stereocenters. The van der Waals surface area contributed by atoms with Crippen LogP contribution in [-0.2, 0) is 9.53 Å². The Morgan fingerprint density at radius 3 is 2.96 bits per heavy atom. The van der Waals surface area contributed by atoms with E-state index in [9.17, 15) is 9.59 Å². The molecule has 0 bridgehead atoms. The number of likely N-dealkylation sites (tertiary alicyclic amines) is 1. The molecule has 1 fully saturated rings. The number of methoxy groups -OCH3 is 1. The second-order valence-electron chi connectivity index (χ2n) is 6.97. The molecule has 0 saturated carbocycles. The molecular weight excluding hydrogens is 412 g/mol. The number of amides is 2. The van der Waals surface area contributed by atoms with Crippen molar-refractivity contribution in [2.75, 3.05) is 13.7 Å². The minimum absolute atomic E-state index is 0.00415.